The van der Waals surface area contributed by atoms with Gasteiger partial charge in [0.25, 0.3) is 5.91 Å². The summed E-state index contributed by atoms with van der Waals surface area (Å²) < 4.78 is 5.29. The van der Waals surface area contributed by atoms with Crippen molar-refractivity contribution in [1.82, 2.24) is 10.6 Å². The lowest BCUT2D eigenvalue weighted by molar-refractivity contribution is 0.0972. The molecule has 1 heterocycles. The molecule has 1 aromatic heterocycles. The fraction of sp³-hybridized carbons (Fsp3) is 0.600. The van der Waals surface area contributed by atoms with Crippen molar-refractivity contribution in [2.24, 2.45) is 16.6 Å². The first-order valence-corrected chi connectivity index (χ1v) is 7.36. The largest absolute Gasteiger partial charge is 0.454 e. The molecule has 0 atom stereocenters. The Morgan fingerprint density at radius 3 is 2.59 bits per heavy atom. The minimum atomic E-state index is -0.561. The number of carbonyl (C=O) groups is 1. The number of unbranched alkanes of at least 4 members (excludes halogenated alkanes) is 1. The average molecular weight is 422 g/mol. The number of guanidine groups is 1. The van der Waals surface area contributed by atoms with Crippen LogP contribution in [0.2, 0.25) is 0 Å². The average Bonchev–Trinajstić information content (AvgIpc) is 2.90. The number of rotatable bonds is 8. The molecule has 1 aromatic rings. The Bertz CT molecular complexity index is 472. The Balaban J connectivity index is 0.00000441. The van der Waals surface area contributed by atoms with Crippen LogP contribution in [-0.2, 0) is 6.54 Å². The van der Waals surface area contributed by atoms with Gasteiger partial charge in [0.05, 0.1) is 6.54 Å². The van der Waals surface area contributed by atoms with Gasteiger partial charge in [0, 0.05) is 13.6 Å². The Kier molecular flexibility index (Phi) is 10.7. The number of aliphatic imine (C=N–C) groups is 1. The SMILES string of the molecule is CN=C(NCCCCC(C)C)NCc1ccc(C(N)=O)o1.I. The monoisotopic (exact) mass is 422 g/mol. The lowest BCUT2D eigenvalue weighted by Gasteiger charge is -2.11. The maximum Gasteiger partial charge on any atom is 0.284 e. The van der Waals surface area contributed by atoms with E-state index in [-0.39, 0.29) is 29.7 Å². The Labute approximate surface area is 149 Å². The fourth-order valence-corrected chi connectivity index (χ4v) is 1.88. The van der Waals surface area contributed by atoms with E-state index in [9.17, 15) is 4.79 Å². The topological polar surface area (TPSA) is 92.6 Å². The van der Waals surface area contributed by atoms with Crippen LogP contribution in [0.3, 0.4) is 0 Å². The molecule has 7 heteroatoms. The van der Waals surface area contributed by atoms with Gasteiger partial charge in [-0.05, 0) is 24.5 Å². The summed E-state index contributed by atoms with van der Waals surface area (Å²) >= 11 is 0. The Morgan fingerprint density at radius 2 is 2.05 bits per heavy atom. The van der Waals surface area contributed by atoms with E-state index in [0.29, 0.717) is 12.3 Å². The highest BCUT2D eigenvalue weighted by molar-refractivity contribution is 14.0. The third-order valence-electron chi connectivity index (χ3n) is 3.06. The first kappa shape index (κ1) is 20.8. The molecule has 0 saturated carbocycles. The third kappa shape index (κ3) is 8.26. The fourth-order valence-electron chi connectivity index (χ4n) is 1.88. The van der Waals surface area contributed by atoms with E-state index in [0.717, 1.165) is 24.8 Å². The van der Waals surface area contributed by atoms with E-state index >= 15 is 0 Å². The van der Waals surface area contributed by atoms with Crippen molar-refractivity contribution < 1.29 is 9.21 Å². The molecule has 1 rings (SSSR count). The van der Waals surface area contributed by atoms with Crippen molar-refractivity contribution in [2.45, 2.75) is 39.7 Å². The van der Waals surface area contributed by atoms with E-state index in [1.165, 1.54) is 12.8 Å². The van der Waals surface area contributed by atoms with Crippen LogP contribution in [0.1, 0.15) is 49.4 Å². The zero-order chi connectivity index (χ0) is 15.7. The number of hydrogen-bond acceptors (Lipinski definition) is 3. The molecule has 0 aliphatic heterocycles. The standard InChI is InChI=1S/C15H26N4O2.HI/c1-11(2)6-4-5-9-18-15(17-3)19-10-12-7-8-13(21-12)14(16)20;/h7-8,11H,4-6,9-10H2,1-3H3,(H2,16,20)(H2,17,18,19);1H. The number of nitrogens with zero attached hydrogens (tertiary/aromatic N) is 1. The number of halogens is 1. The number of nitrogens with one attached hydrogen (secondary N) is 2. The summed E-state index contributed by atoms with van der Waals surface area (Å²) in [6.07, 6.45) is 3.57. The Morgan fingerprint density at radius 1 is 1.32 bits per heavy atom. The zero-order valence-electron chi connectivity index (χ0n) is 13.5. The van der Waals surface area contributed by atoms with Crippen molar-refractivity contribution in [1.29, 1.82) is 0 Å². The number of primary amides is 1. The summed E-state index contributed by atoms with van der Waals surface area (Å²) in [4.78, 5) is 15.1. The second-order valence-corrected chi connectivity index (χ2v) is 5.37. The third-order valence-corrected chi connectivity index (χ3v) is 3.06. The minimum absolute atomic E-state index is 0. The molecule has 0 aromatic carbocycles. The van der Waals surface area contributed by atoms with Crippen LogP contribution in [0.15, 0.2) is 21.5 Å². The van der Waals surface area contributed by atoms with Gasteiger partial charge in [-0.25, -0.2) is 0 Å². The van der Waals surface area contributed by atoms with Crippen molar-refractivity contribution in [3.8, 4) is 0 Å². The number of nitrogens with two attached hydrogens (primary N) is 1. The number of amides is 1. The van der Waals surface area contributed by atoms with Gasteiger partial charge in [0.2, 0.25) is 0 Å². The molecule has 0 spiro atoms. The van der Waals surface area contributed by atoms with Crippen LogP contribution in [-0.4, -0.2) is 25.5 Å². The quantitative estimate of drug-likeness (QED) is 0.260. The molecular formula is C15H27IN4O2. The van der Waals surface area contributed by atoms with Crippen molar-refractivity contribution >= 4 is 35.8 Å². The molecule has 6 nitrogen and oxygen atoms in total. The van der Waals surface area contributed by atoms with Crippen LogP contribution in [0.25, 0.3) is 0 Å². The lowest BCUT2D eigenvalue weighted by atomic mass is 10.1. The molecule has 126 valence electrons. The smallest absolute Gasteiger partial charge is 0.284 e. The molecule has 0 unspecified atom stereocenters. The molecule has 22 heavy (non-hydrogen) atoms. The number of hydrogen-bond donors (Lipinski definition) is 3. The number of carbonyl (C=O) groups excluding carboxylic acids is 1. The molecule has 0 fully saturated rings. The summed E-state index contributed by atoms with van der Waals surface area (Å²) in [7, 11) is 1.72. The van der Waals surface area contributed by atoms with E-state index in [2.05, 4.69) is 29.5 Å². The zero-order valence-corrected chi connectivity index (χ0v) is 15.8. The van der Waals surface area contributed by atoms with Crippen molar-refractivity contribution in [2.75, 3.05) is 13.6 Å². The molecule has 0 saturated heterocycles. The van der Waals surface area contributed by atoms with Crippen LogP contribution in [0, 0.1) is 5.92 Å². The lowest BCUT2D eigenvalue weighted by Crippen LogP contribution is -2.37. The highest BCUT2D eigenvalue weighted by Crippen LogP contribution is 2.07. The summed E-state index contributed by atoms with van der Waals surface area (Å²) in [6.45, 7) is 5.81. The van der Waals surface area contributed by atoms with Crippen molar-refractivity contribution in [3.05, 3.63) is 23.7 Å². The first-order valence-electron chi connectivity index (χ1n) is 7.36. The van der Waals surface area contributed by atoms with Gasteiger partial charge in [-0.1, -0.05) is 26.7 Å². The predicted molar refractivity (Wildman–Crippen MR) is 99.5 cm³/mol. The summed E-state index contributed by atoms with van der Waals surface area (Å²) in [5, 5.41) is 6.38. The van der Waals surface area contributed by atoms with Crippen LogP contribution in [0.4, 0.5) is 0 Å². The van der Waals surface area contributed by atoms with E-state index in [1.807, 2.05) is 0 Å². The maximum absolute atomic E-state index is 10.9. The summed E-state index contributed by atoms with van der Waals surface area (Å²) in [6, 6.07) is 3.30. The molecule has 0 bridgehead atoms. The highest BCUT2D eigenvalue weighted by Gasteiger charge is 2.07. The van der Waals surface area contributed by atoms with E-state index in [4.69, 9.17) is 10.2 Å². The molecule has 0 aliphatic rings. The van der Waals surface area contributed by atoms with Gasteiger partial charge >= 0.3 is 0 Å². The summed E-state index contributed by atoms with van der Waals surface area (Å²) in [5.41, 5.74) is 5.14. The van der Waals surface area contributed by atoms with E-state index < -0.39 is 5.91 Å². The second kappa shape index (κ2) is 11.3. The molecule has 0 radical (unpaired) electrons. The van der Waals surface area contributed by atoms with Gasteiger partial charge in [0.15, 0.2) is 11.7 Å². The normalized spacial score (nSPS) is 11.2. The van der Waals surface area contributed by atoms with Crippen molar-refractivity contribution in [3.63, 3.8) is 0 Å². The van der Waals surface area contributed by atoms with Crippen LogP contribution < -0.4 is 16.4 Å². The van der Waals surface area contributed by atoms with Gasteiger partial charge in [-0.3, -0.25) is 9.79 Å². The van der Waals surface area contributed by atoms with Crippen LogP contribution >= 0.6 is 24.0 Å². The second-order valence-electron chi connectivity index (χ2n) is 5.37. The maximum atomic E-state index is 10.9. The Hall–Kier alpha value is -1.25. The number of furan rings is 1. The van der Waals surface area contributed by atoms with Gasteiger partial charge in [-0.15, -0.1) is 24.0 Å². The predicted octanol–water partition coefficient (Wildman–Crippen LogP) is 2.49. The van der Waals surface area contributed by atoms with Gasteiger partial charge in [0.1, 0.15) is 5.76 Å². The van der Waals surface area contributed by atoms with Crippen LogP contribution in [0.5, 0.6) is 0 Å². The first-order chi connectivity index (χ1) is 10.0. The molecule has 1 amide bonds. The highest BCUT2D eigenvalue weighted by atomic mass is 127. The van der Waals surface area contributed by atoms with E-state index in [1.54, 1.807) is 19.2 Å². The van der Waals surface area contributed by atoms with Gasteiger partial charge < -0.3 is 20.8 Å². The summed E-state index contributed by atoms with van der Waals surface area (Å²) in [5.74, 6) is 1.72. The minimum Gasteiger partial charge on any atom is -0.454 e. The molecular weight excluding hydrogens is 395 g/mol. The van der Waals surface area contributed by atoms with Gasteiger partial charge in [-0.2, -0.15) is 0 Å². The molecule has 4 N–H and O–H groups in total. The molecule has 0 aliphatic carbocycles.